The van der Waals surface area contributed by atoms with Gasteiger partial charge >= 0.3 is 5.97 Å². The second kappa shape index (κ2) is 7.86. The van der Waals surface area contributed by atoms with Crippen molar-refractivity contribution in [3.05, 3.63) is 39.9 Å². The summed E-state index contributed by atoms with van der Waals surface area (Å²) < 4.78 is 5.19. The van der Waals surface area contributed by atoms with Gasteiger partial charge in [-0.3, -0.25) is 29.4 Å². The average molecular weight is 428 g/mol. The monoisotopic (exact) mass is 428 g/mol. The second-order valence-corrected chi connectivity index (χ2v) is 8.95. The number of carbonyl (C=O) groups is 4. The average Bonchev–Trinajstić information content (AvgIpc) is 3.42. The number of ether oxygens (including phenoxy) is 1. The molecule has 2 amide bonds. The summed E-state index contributed by atoms with van der Waals surface area (Å²) in [6.45, 7) is 2.88. The Kier molecular flexibility index (Phi) is 5.36. The predicted octanol–water partition coefficient (Wildman–Crippen LogP) is 2.38. The van der Waals surface area contributed by atoms with Crippen LogP contribution in [-0.2, 0) is 19.1 Å². The first kappa shape index (κ1) is 21.1. The molecule has 164 valence electrons. The van der Waals surface area contributed by atoms with Crippen LogP contribution in [0.3, 0.4) is 0 Å². The van der Waals surface area contributed by atoms with Gasteiger partial charge in [0, 0.05) is 17.7 Å². The van der Waals surface area contributed by atoms with Gasteiger partial charge in [0.15, 0.2) is 12.4 Å². The van der Waals surface area contributed by atoms with Gasteiger partial charge in [-0.2, -0.15) is 0 Å². The van der Waals surface area contributed by atoms with Gasteiger partial charge < -0.3 is 4.74 Å². The molecule has 2 bridgehead atoms. The number of Topliss-reactive ketones (excluding diaryl/α,β-unsaturated/α-hetero) is 1. The number of nitro benzene ring substituents is 1. The molecule has 3 aliphatic rings. The van der Waals surface area contributed by atoms with Gasteiger partial charge in [0.25, 0.3) is 5.69 Å². The van der Waals surface area contributed by atoms with Crippen molar-refractivity contribution >= 4 is 29.3 Å². The van der Waals surface area contributed by atoms with Crippen molar-refractivity contribution in [1.29, 1.82) is 0 Å². The number of carbonyl (C=O) groups excluding carboxylic acids is 4. The molecule has 4 rings (SSSR count). The second-order valence-electron chi connectivity index (χ2n) is 8.95. The molecule has 3 fully saturated rings. The minimum Gasteiger partial charge on any atom is -0.456 e. The number of ketones is 1. The molecular weight excluding hydrogens is 404 g/mol. The highest BCUT2D eigenvalue weighted by molar-refractivity contribution is 6.09. The summed E-state index contributed by atoms with van der Waals surface area (Å²) in [4.78, 5) is 62.5. The molecule has 2 aliphatic carbocycles. The van der Waals surface area contributed by atoms with Crippen molar-refractivity contribution in [3.8, 4) is 0 Å². The molecule has 5 atom stereocenters. The number of benzene rings is 1. The van der Waals surface area contributed by atoms with Crippen molar-refractivity contribution in [3.63, 3.8) is 0 Å². The van der Waals surface area contributed by atoms with Crippen LogP contribution in [0.1, 0.15) is 43.5 Å². The number of amides is 2. The minimum absolute atomic E-state index is 0.154. The molecule has 9 nitrogen and oxygen atoms in total. The maximum absolute atomic E-state index is 13.1. The minimum atomic E-state index is -1.07. The Morgan fingerprint density at radius 1 is 1.10 bits per heavy atom. The van der Waals surface area contributed by atoms with Crippen LogP contribution in [0.2, 0.25) is 0 Å². The van der Waals surface area contributed by atoms with E-state index in [0.29, 0.717) is 0 Å². The van der Waals surface area contributed by atoms with Crippen LogP contribution in [0.15, 0.2) is 24.3 Å². The number of rotatable bonds is 7. The Bertz CT molecular complexity index is 927. The predicted molar refractivity (Wildman–Crippen MR) is 107 cm³/mol. The van der Waals surface area contributed by atoms with E-state index < -0.39 is 29.3 Å². The molecule has 0 N–H and O–H groups in total. The molecule has 1 saturated heterocycles. The van der Waals surface area contributed by atoms with E-state index in [0.717, 1.165) is 24.2 Å². The Balaban J connectivity index is 1.44. The van der Waals surface area contributed by atoms with Gasteiger partial charge in [0.05, 0.1) is 16.8 Å². The number of non-ortho nitro benzene ring substituents is 1. The van der Waals surface area contributed by atoms with Crippen molar-refractivity contribution in [1.82, 2.24) is 4.90 Å². The van der Waals surface area contributed by atoms with E-state index in [1.807, 2.05) is 0 Å². The Labute approximate surface area is 178 Å². The summed E-state index contributed by atoms with van der Waals surface area (Å²) in [5, 5.41) is 10.7. The summed E-state index contributed by atoms with van der Waals surface area (Å²) in [5.74, 6) is -2.51. The molecule has 31 heavy (non-hydrogen) atoms. The SMILES string of the molecule is CC(C)[C@H](C(=O)OCC(=O)c1ccc([N+](=O)[O-])cc1)N1C(=O)[C@@H]2[C@H]3CC[C@@H](C3)[C@@H]2C1=O. The molecule has 0 unspecified atom stereocenters. The van der Waals surface area contributed by atoms with Crippen molar-refractivity contribution in [2.75, 3.05) is 6.61 Å². The van der Waals surface area contributed by atoms with E-state index in [1.165, 1.54) is 24.3 Å². The van der Waals surface area contributed by atoms with Gasteiger partial charge in [0.2, 0.25) is 11.8 Å². The first-order chi connectivity index (χ1) is 14.7. The van der Waals surface area contributed by atoms with Crippen molar-refractivity contribution in [2.45, 2.75) is 39.2 Å². The zero-order valence-corrected chi connectivity index (χ0v) is 17.4. The van der Waals surface area contributed by atoms with Crippen LogP contribution in [0.4, 0.5) is 5.69 Å². The number of hydrogen-bond acceptors (Lipinski definition) is 7. The van der Waals surface area contributed by atoms with Gasteiger partial charge in [-0.15, -0.1) is 0 Å². The maximum atomic E-state index is 13.1. The van der Waals surface area contributed by atoms with Crippen LogP contribution in [-0.4, -0.2) is 46.0 Å². The lowest BCUT2D eigenvalue weighted by Crippen LogP contribution is -2.50. The number of nitro groups is 1. The molecule has 0 radical (unpaired) electrons. The first-order valence-electron chi connectivity index (χ1n) is 10.5. The Morgan fingerprint density at radius 3 is 2.13 bits per heavy atom. The molecule has 1 aromatic rings. The third-order valence-electron chi connectivity index (χ3n) is 6.86. The molecular formula is C22H24N2O7. The van der Waals surface area contributed by atoms with Gasteiger partial charge in [-0.1, -0.05) is 13.8 Å². The number of likely N-dealkylation sites (tertiary alicyclic amines) is 1. The lowest BCUT2D eigenvalue weighted by atomic mass is 9.81. The van der Waals surface area contributed by atoms with E-state index in [-0.39, 0.29) is 52.7 Å². The molecule has 1 heterocycles. The fraction of sp³-hybridized carbons (Fsp3) is 0.545. The van der Waals surface area contributed by atoms with Crippen LogP contribution < -0.4 is 0 Å². The standard InChI is InChI=1S/C22H24N2O7/c1-11(2)19(23-20(26)17-13-3-4-14(9-13)18(17)21(23)27)22(28)31-10-16(25)12-5-7-15(8-6-12)24(29)30/h5-8,11,13-14,17-19H,3-4,9-10H2,1-2H3/t13-,14-,17-,18+,19+/m0/s1. The third kappa shape index (κ3) is 3.51. The molecule has 0 aromatic heterocycles. The summed E-state index contributed by atoms with van der Waals surface area (Å²) in [6.07, 6.45) is 2.79. The quantitative estimate of drug-likeness (QED) is 0.215. The fourth-order valence-corrected chi connectivity index (χ4v) is 5.46. The number of nitrogens with zero attached hydrogens (tertiary/aromatic N) is 2. The van der Waals surface area contributed by atoms with Gasteiger partial charge in [-0.05, 0) is 49.1 Å². The maximum Gasteiger partial charge on any atom is 0.330 e. The topological polar surface area (TPSA) is 124 Å². The molecule has 1 aromatic carbocycles. The van der Waals surface area contributed by atoms with Crippen molar-refractivity contribution in [2.24, 2.45) is 29.6 Å². The van der Waals surface area contributed by atoms with Crippen LogP contribution >= 0.6 is 0 Å². The highest BCUT2D eigenvalue weighted by Crippen LogP contribution is 2.56. The van der Waals surface area contributed by atoms with Gasteiger partial charge in [-0.25, -0.2) is 4.79 Å². The molecule has 0 spiro atoms. The van der Waals surface area contributed by atoms with E-state index in [9.17, 15) is 29.3 Å². The third-order valence-corrected chi connectivity index (χ3v) is 6.86. The lowest BCUT2D eigenvalue weighted by molar-refractivity contribution is -0.384. The zero-order chi connectivity index (χ0) is 22.4. The first-order valence-corrected chi connectivity index (χ1v) is 10.5. The number of imide groups is 1. The van der Waals surface area contributed by atoms with E-state index in [2.05, 4.69) is 0 Å². The lowest BCUT2D eigenvalue weighted by Gasteiger charge is -2.28. The van der Waals surface area contributed by atoms with Crippen molar-refractivity contribution < 1.29 is 28.8 Å². The highest BCUT2D eigenvalue weighted by Gasteiger charge is 2.62. The number of esters is 1. The zero-order valence-electron chi connectivity index (χ0n) is 17.4. The molecule has 2 saturated carbocycles. The number of fused-ring (bicyclic) bond motifs is 5. The summed E-state index contributed by atoms with van der Waals surface area (Å²) in [7, 11) is 0. The summed E-state index contributed by atoms with van der Waals surface area (Å²) >= 11 is 0. The summed E-state index contributed by atoms with van der Waals surface area (Å²) in [5.41, 5.74) is 0.0120. The normalized spacial score (nSPS) is 27.5. The summed E-state index contributed by atoms with van der Waals surface area (Å²) in [6, 6.07) is 3.90. The van der Waals surface area contributed by atoms with E-state index in [4.69, 9.17) is 4.74 Å². The highest BCUT2D eigenvalue weighted by atomic mass is 16.6. The van der Waals surface area contributed by atoms with Crippen LogP contribution in [0.5, 0.6) is 0 Å². The van der Waals surface area contributed by atoms with Crippen LogP contribution in [0, 0.1) is 39.7 Å². The molecule has 9 heteroatoms. The van der Waals surface area contributed by atoms with Crippen LogP contribution in [0.25, 0.3) is 0 Å². The molecule has 1 aliphatic heterocycles. The van der Waals surface area contributed by atoms with Gasteiger partial charge in [0.1, 0.15) is 6.04 Å². The Hall–Kier alpha value is -3.10. The van der Waals surface area contributed by atoms with E-state index >= 15 is 0 Å². The fourth-order valence-electron chi connectivity index (χ4n) is 5.46. The Morgan fingerprint density at radius 2 is 1.65 bits per heavy atom. The van der Waals surface area contributed by atoms with E-state index in [1.54, 1.807) is 13.8 Å². The number of hydrogen-bond donors (Lipinski definition) is 0. The smallest absolute Gasteiger partial charge is 0.330 e. The largest absolute Gasteiger partial charge is 0.456 e.